The zero-order valence-corrected chi connectivity index (χ0v) is 26.3. The molecule has 41 heavy (non-hydrogen) atoms. The van der Waals surface area contributed by atoms with Crippen molar-refractivity contribution < 1.29 is 4.79 Å². The first-order chi connectivity index (χ1) is 20.0. The Kier molecular flexibility index (Phi) is 14.1. The van der Waals surface area contributed by atoms with Crippen LogP contribution in [0.1, 0.15) is 101 Å². The number of nitrogens with one attached hydrogen (secondary N) is 2. The summed E-state index contributed by atoms with van der Waals surface area (Å²) >= 11 is 0. The molecule has 2 fully saturated rings. The first kappa shape index (κ1) is 32.6. The lowest BCUT2D eigenvalue weighted by atomic mass is 10.0. The van der Waals surface area contributed by atoms with E-state index in [0.29, 0.717) is 6.04 Å². The molecule has 2 aliphatic carbocycles. The summed E-state index contributed by atoms with van der Waals surface area (Å²) in [4.78, 5) is 16.9. The SMILES string of the molecule is C1CCCC1.CCCCCN(CCC)CCNc1cc(C)nc2c(-c3ccc(C)c(C)c3)cnn12.O=CNC1CC1. The summed E-state index contributed by atoms with van der Waals surface area (Å²) in [5, 5.41) is 10.9. The third kappa shape index (κ3) is 11.1. The Labute approximate surface area is 248 Å². The smallest absolute Gasteiger partial charge is 0.207 e. The van der Waals surface area contributed by atoms with Crippen LogP contribution in [0.15, 0.2) is 30.5 Å². The molecule has 2 heterocycles. The van der Waals surface area contributed by atoms with E-state index in [4.69, 9.17) is 4.98 Å². The van der Waals surface area contributed by atoms with Crippen LogP contribution in [0.4, 0.5) is 5.82 Å². The average molecular weight is 563 g/mol. The van der Waals surface area contributed by atoms with Crippen molar-refractivity contribution in [2.24, 2.45) is 0 Å². The molecule has 0 saturated heterocycles. The number of benzene rings is 1. The molecule has 7 nitrogen and oxygen atoms in total. The van der Waals surface area contributed by atoms with Crippen molar-refractivity contribution in [3.8, 4) is 11.1 Å². The third-order valence-corrected chi connectivity index (χ3v) is 7.90. The second-order valence-corrected chi connectivity index (χ2v) is 11.7. The molecule has 1 aromatic carbocycles. The molecule has 2 aliphatic rings. The summed E-state index contributed by atoms with van der Waals surface area (Å²) in [6, 6.07) is 9.18. The minimum Gasteiger partial charge on any atom is -0.369 e. The van der Waals surface area contributed by atoms with Gasteiger partial charge in [0.15, 0.2) is 5.65 Å². The normalized spacial score (nSPS) is 14.3. The van der Waals surface area contributed by atoms with Crippen LogP contribution in [0.2, 0.25) is 0 Å². The maximum atomic E-state index is 9.54. The van der Waals surface area contributed by atoms with Crippen LogP contribution in [0, 0.1) is 20.8 Å². The lowest BCUT2D eigenvalue weighted by Gasteiger charge is -2.22. The molecule has 2 N–H and O–H groups in total. The van der Waals surface area contributed by atoms with Gasteiger partial charge in [0.1, 0.15) is 5.82 Å². The summed E-state index contributed by atoms with van der Waals surface area (Å²) in [7, 11) is 0. The number of aryl methyl sites for hydroxylation is 3. The molecule has 226 valence electrons. The Bertz CT molecular complexity index is 1170. The van der Waals surface area contributed by atoms with Gasteiger partial charge in [0.05, 0.1) is 6.20 Å². The molecule has 0 unspecified atom stereocenters. The predicted molar refractivity (Wildman–Crippen MR) is 173 cm³/mol. The van der Waals surface area contributed by atoms with E-state index in [0.717, 1.165) is 48.8 Å². The number of hydrogen-bond acceptors (Lipinski definition) is 5. The van der Waals surface area contributed by atoms with Gasteiger partial charge in [0, 0.05) is 36.5 Å². The second kappa shape index (κ2) is 17.8. The van der Waals surface area contributed by atoms with Crippen LogP contribution in [0.5, 0.6) is 0 Å². The van der Waals surface area contributed by atoms with E-state index in [1.807, 2.05) is 10.7 Å². The Morgan fingerprint density at radius 1 is 0.927 bits per heavy atom. The van der Waals surface area contributed by atoms with Crippen molar-refractivity contribution in [3.63, 3.8) is 0 Å². The van der Waals surface area contributed by atoms with Crippen molar-refractivity contribution >= 4 is 17.9 Å². The average Bonchev–Trinajstić information content (AvgIpc) is 3.38. The largest absolute Gasteiger partial charge is 0.369 e. The number of aromatic nitrogens is 3. The van der Waals surface area contributed by atoms with Gasteiger partial charge in [0.2, 0.25) is 6.41 Å². The van der Waals surface area contributed by atoms with Crippen molar-refractivity contribution in [2.45, 2.75) is 111 Å². The fraction of sp³-hybridized carbons (Fsp3) is 0.618. The molecule has 0 spiro atoms. The number of nitrogens with zero attached hydrogens (tertiary/aromatic N) is 4. The summed E-state index contributed by atoms with van der Waals surface area (Å²) in [6.07, 6.45) is 17.6. The molecule has 2 aromatic heterocycles. The number of carbonyl (C=O) groups excluding carboxylic acids is 1. The minimum absolute atomic E-state index is 0.530. The van der Waals surface area contributed by atoms with E-state index in [1.165, 1.54) is 93.9 Å². The monoisotopic (exact) mass is 562 g/mol. The van der Waals surface area contributed by atoms with Gasteiger partial charge >= 0.3 is 0 Å². The van der Waals surface area contributed by atoms with Crippen LogP contribution in [0.25, 0.3) is 16.8 Å². The van der Waals surface area contributed by atoms with E-state index >= 15 is 0 Å². The lowest BCUT2D eigenvalue weighted by molar-refractivity contribution is -0.109. The maximum Gasteiger partial charge on any atom is 0.207 e. The zero-order valence-electron chi connectivity index (χ0n) is 26.3. The number of hydrogen-bond donors (Lipinski definition) is 2. The first-order valence-corrected chi connectivity index (χ1v) is 16.1. The quantitative estimate of drug-likeness (QED) is 0.167. The van der Waals surface area contributed by atoms with Crippen LogP contribution < -0.4 is 10.6 Å². The van der Waals surface area contributed by atoms with Gasteiger partial charge in [-0.2, -0.15) is 9.61 Å². The maximum absolute atomic E-state index is 9.54. The standard InChI is InChI=1S/C25H37N5.C5H10.C4H7NO/c1-6-8-9-14-29(13-7-2)15-12-26-24-17-21(5)28-25-23(18-27-30(24)25)22-11-10-19(3)20(4)16-22;1-2-4-5-3-1;6-3-5-4-1-2-4/h10-11,16-18,26H,6-9,12-15H2,1-5H3;1-5H2;3-4H,1-2H2,(H,5,6). The predicted octanol–water partition coefficient (Wildman–Crippen LogP) is 7.48. The second-order valence-electron chi connectivity index (χ2n) is 11.7. The molecule has 0 bridgehead atoms. The van der Waals surface area contributed by atoms with E-state index in [9.17, 15) is 4.79 Å². The van der Waals surface area contributed by atoms with Gasteiger partial charge in [0.25, 0.3) is 0 Å². The summed E-state index contributed by atoms with van der Waals surface area (Å²) in [5.74, 6) is 1.01. The van der Waals surface area contributed by atoms with E-state index < -0.39 is 0 Å². The molecule has 0 radical (unpaired) electrons. The topological polar surface area (TPSA) is 74.6 Å². The molecule has 0 atom stereocenters. The number of rotatable bonds is 13. The number of anilines is 1. The molecular formula is C34H54N6O. The molecule has 2 saturated carbocycles. The van der Waals surface area contributed by atoms with Crippen molar-refractivity contribution in [1.82, 2.24) is 24.8 Å². The lowest BCUT2D eigenvalue weighted by Crippen LogP contribution is -2.31. The van der Waals surface area contributed by atoms with Crippen LogP contribution in [-0.2, 0) is 4.79 Å². The summed E-state index contributed by atoms with van der Waals surface area (Å²) in [5.41, 5.74) is 6.76. The first-order valence-electron chi connectivity index (χ1n) is 16.1. The molecule has 3 aromatic rings. The highest BCUT2D eigenvalue weighted by Crippen LogP contribution is 2.27. The van der Waals surface area contributed by atoms with E-state index in [2.05, 4.69) is 79.5 Å². The Balaban J connectivity index is 0.000000346. The van der Waals surface area contributed by atoms with Crippen molar-refractivity contribution in [2.75, 3.05) is 31.5 Å². The number of amides is 1. The minimum atomic E-state index is 0.530. The fourth-order valence-electron chi connectivity index (χ4n) is 5.13. The van der Waals surface area contributed by atoms with Crippen LogP contribution >= 0.6 is 0 Å². The fourth-order valence-corrected chi connectivity index (χ4v) is 5.13. The van der Waals surface area contributed by atoms with Crippen LogP contribution in [-0.4, -0.2) is 58.1 Å². The van der Waals surface area contributed by atoms with Gasteiger partial charge in [-0.05, 0) is 76.2 Å². The highest BCUT2D eigenvalue weighted by atomic mass is 16.1. The van der Waals surface area contributed by atoms with Gasteiger partial charge < -0.3 is 15.5 Å². The van der Waals surface area contributed by atoms with Gasteiger partial charge in [-0.1, -0.05) is 77.0 Å². The van der Waals surface area contributed by atoms with E-state index in [-0.39, 0.29) is 0 Å². The van der Waals surface area contributed by atoms with Gasteiger partial charge in [-0.3, -0.25) is 4.79 Å². The van der Waals surface area contributed by atoms with Gasteiger partial charge in [-0.25, -0.2) is 4.98 Å². The molecule has 7 heteroatoms. The Morgan fingerprint density at radius 3 is 2.24 bits per heavy atom. The summed E-state index contributed by atoms with van der Waals surface area (Å²) in [6.45, 7) is 15.2. The van der Waals surface area contributed by atoms with Crippen molar-refractivity contribution in [3.05, 3.63) is 47.3 Å². The number of unbranched alkanes of at least 4 members (excludes halogenated alkanes) is 2. The van der Waals surface area contributed by atoms with E-state index in [1.54, 1.807) is 0 Å². The number of carbonyl (C=O) groups is 1. The number of fused-ring (bicyclic) bond motifs is 1. The third-order valence-electron chi connectivity index (χ3n) is 7.90. The zero-order chi connectivity index (χ0) is 29.5. The Hall–Kier alpha value is -2.93. The molecular weight excluding hydrogens is 508 g/mol. The van der Waals surface area contributed by atoms with Gasteiger partial charge in [-0.15, -0.1) is 0 Å². The van der Waals surface area contributed by atoms with Crippen molar-refractivity contribution in [1.29, 1.82) is 0 Å². The summed E-state index contributed by atoms with van der Waals surface area (Å²) < 4.78 is 1.94. The highest BCUT2D eigenvalue weighted by Gasteiger charge is 2.19. The molecule has 0 aliphatic heterocycles. The van der Waals surface area contributed by atoms with Crippen LogP contribution in [0.3, 0.4) is 0 Å². The molecule has 1 amide bonds. The Morgan fingerprint density at radius 2 is 1.66 bits per heavy atom. The highest BCUT2D eigenvalue weighted by molar-refractivity contribution is 5.78. The molecule has 5 rings (SSSR count).